The van der Waals surface area contributed by atoms with Gasteiger partial charge in [0.25, 0.3) is 0 Å². The Morgan fingerprint density at radius 3 is 2.95 bits per heavy atom. The van der Waals surface area contributed by atoms with Crippen LogP contribution >= 0.6 is 0 Å². The summed E-state index contributed by atoms with van der Waals surface area (Å²) in [7, 11) is 0. The summed E-state index contributed by atoms with van der Waals surface area (Å²) in [6.07, 6.45) is 0.904. The highest BCUT2D eigenvalue weighted by atomic mass is 16.7. The van der Waals surface area contributed by atoms with Crippen LogP contribution in [0.3, 0.4) is 0 Å². The maximum atomic E-state index is 5.85. The molecule has 21 heavy (non-hydrogen) atoms. The van der Waals surface area contributed by atoms with Gasteiger partial charge in [0.05, 0.1) is 12.3 Å². The van der Waals surface area contributed by atoms with E-state index in [0.29, 0.717) is 24.0 Å². The summed E-state index contributed by atoms with van der Waals surface area (Å²) in [5, 5.41) is 3.20. The molecule has 3 rings (SSSR count). The number of pyridine rings is 1. The van der Waals surface area contributed by atoms with Gasteiger partial charge in [0, 0.05) is 11.8 Å². The van der Waals surface area contributed by atoms with Crippen LogP contribution < -0.4 is 25.3 Å². The van der Waals surface area contributed by atoms with Crippen LogP contribution in [-0.2, 0) is 0 Å². The lowest BCUT2D eigenvalue weighted by atomic mass is 10.2. The van der Waals surface area contributed by atoms with Crippen molar-refractivity contribution in [1.29, 1.82) is 0 Å². The molecule has 1 aromatic heterocycles. The van der Waals surface area contributed by atoms with Crippen molar-refractivity contribution in [2.24, 2.45) is 0 Å². The van der Waals surface area contributed by atoms with Gasteiger partial charge in [-0.25, -0.2) is 0 Å². The largest absolute Gasteiger partial charge is 0.476 e. The summed E-state index contributed by atoms with van der Waals surface area (Å²) in [4.78, 5) is 4.37. The lowest BCUT2D eigenvalue weighted by molar-refractivity contribution is 0.174. The van der Waals surface area contributed by atoms with Crippen molar-refractivity contribution in [3.63, 3.8) is 0 Å². The fraction of sp³-hybridized carbons (Fsp3) is 0.267. The predicted octanol–water partition coefficient (Wildman–Crippen LogP) is 2.92. The third kappa shape index (κ3) is 2.94. The van der Waals surface area contributed by atoms with Crippen LogP contribution in [0.5, 0.6) is 17.4 Å². The van der Waals surface area contributed by atoms with Crippen LogP contribution in [0, 0.1) is 0 Å². The summed E-state index contributed by atoms with van der Waals surface area (Å²) in [5.74, 6) is 2.58. The van der Waals surface area contributed by atoms with E-state index in [0.717, 1.165) is 23.6 Å². The van der Waals surface area contributed by atoms with Crippen LogP contribution in [0.2, 0.25) is 0 Å². The Balaban J connectivity index is 1.78. The second-order valence-electron chi connectivity index (χ2n) is 4.63. The summed E-state index contributed by atoms with van der Waals surface area (Å²) in [6.45, 7) is 2.88. The van der Waals surface area contributed by atoms with E-state index in [1.165, 1.54) is 0 Å². The molecular weight excluding hydrogens is 270 g/mol. The number of ether oxygens (including phenoxy) is 3. The van der Waals surface area contributed by atoms with E-state index in [1.54, 1.807) is 12.1 Å². The zero-order valence-corrected chi connectivity index (χ0v) is 11.8. The number of rotatable bonds is 5. The average molecular weight is 287 g/mol. The topological polar surface area (TPSA) is 78.6 Å². The highest BCUT2D eigenvalue weighted by Gasteiger charge is 2.13. The minimum atomic E-state index is 0.258. The summed E-state index contributed by atoms with van der Waals surface area (Å²) < 4.78 is 16.1. The number of hydrogen-bond acceptors (Lipinski definition) is 6. The first kappa shape index (κ1) is 13.4. The fourth-order valence-corrected chi connectivity index (χ4v) is 1.96. The van der Waals surface area contributed by atoms with E-state index in [9.17, 15) is 0 Å². The predicted molar refractivity (Wildman–Crippen MR) is 80.3 cm³/mol. The minimum Gasteiger partial charge on any atom is -0.476 e. The third-order valence-corrected chi connectivity index (χ3v) is 2.98. The molecule has 0 aliphatic carbocycles. The lowest BCUT2D eigenvalue weighted by Crippen LogP contribution is -2.03. The number of nitrogens with one attached hydrogen (secondary N) is 1. The monoisotopic (exact) mass is 287 g/mol. The molecule has 1 aliphatic heterocycles. The van der Waals surface area contributed by atoms with Crippen molar-refractivity contribution < 1.29 is 14.2 Å². The molecule has 0 spiro atoms. The van der Waals surface area contributed by atoms with E-state index in [-0.39, 0.29) is 6.79 Å². The Hall–Kier alpha value is -2.63. The van der Waals surface area contributed by atoms with E-state index in [2.05, 4.69) is 10.3 Å². The van der Waals surface area contributed by atoms with Gasteiger partial charge >= 0.3 is 0 Å². The molecule has 0 unspecified atom stereocenters. The average Bonchev–Trinajstić information content (AvgIpc) is 2.95. The highest BCUT2D eigenvalue weighted by molar-refractivity contribution is 5.64. The number of benzene rings is 1. The number of hydrogen-bond donors (Lipinski definition) is 2. The highest BCUT2D eigenvalue weighted by Crippen LogP contribution is 2.35. The van der Waals surface area contributed by atoms with Crippen LogP contribution in [0.25, 0.3) is 0 Å². The molecule has 6 heteroatoms. The minimum absolute atomic E-state index is 0.258. The summed E-state index contributed by atoms with van der Waals surface area (Å²) >= 11 is 0. The molecule has 110 valence electrons. The van der Waals surface area contributed by atoms with E-state index in [4.69, 9.17) is 19.9 Å². The first-order valence-electron chi connectivity index (χ1n) is 6.82. The van der Waals surface area contributed by atoms with Gasteiger partial charge in [0.2, 0.25) is 12.7 Å². The van der Waals surface area contributed by atoms with Crippen molar-refractivity contribution in [3.05, 3.63) is 30.3 Å². The van der Waals surface area contributed by atoms with Crippen molar-refractivity contribution in [2.45, 2.75) is 13.3 Å². The van der Waals surface area contributed by atoms with Crippen LogP contribution in [0.15, 0.2) is 30.3 Å². The number of fused-ring (bicyclic) bond motifs is 1. The molecule has 1 aliphatic rings. The van der Waals surface area contributed by atoms with Gasteiger partial charge in [-0.1, -0.05) is 6.92 Å². The van der Waals surface area contributed by atoms with Crippen LogP contribution in [-0.4, -0.2) is 18.4 Å². The lowest BCUT2D eigenvalue weighted by Gasteiger charge is -2.10. The second kappa shape index (κ2) is 5.78. The van der Waals surface area contributed by atoms with Crippen LogP contribution in [0.4, 0.5) is 17.2 Å². The first-order valence-corrected chi connectivity index (χ1v) is 6.82. The second-order valence-corrected chi connectivity index (χ2v) is 4.63. The smallest absolute Gasteiger partial charge is 0.239 e. The van der Waals surface area contributed by atoms with Gasteiger partial charge < -0.3 is 25.3 Å². The Bertz CT molecular complexity index is 646. The van der Waals surface area contributed by atoms with Gasteiger partial charge in [-0.15, -0.1) is 0 Å². The molecule has 0 bridgehead atoms. The molecule has 0 amide bonds. The molecule has 0 atom stereocenters. The zero-order chi connectivity index (χ0) is 14.7. The van der Waals surface area contributed by atoms with Crippen molar-refractivity contribution in [1.82, 2.24) is 4.98 Å². The SMILES string of the molecule is CCCOc1nc(Nc2ccc3c(c2)OCO3)ccc1N. The summed E-state index contributed by atoms with van der Waals surface area (Å²) in [5.41, 5.74) is 7.23. The molecule has 0 radical (unpaired) electrons. The number of nitrogens with two attached hydrogens (primary N) is 1. The Morgan fingerprint density at radius 1 is 1.24 bits per heavy atom. The number of aromatic nitrogens is 1. The van der Waals surface area contributed by atoms with Crippen LogP contribution in [0.1, 0.15) is 13.3 Å². The van der Waals surface area contributed by atoms with Gasteiger partial charge in [-0.3, -0.25) is 0 Å². The standard InChI is InChI=1S/C15H17N3O3/c1-2-7-19-15-11(16)4-6-14(18-15)17-10-3-5-12-13(8-10)21-9-20-12/h3-6,8H,2,7,9,16H2,1H3,(H,17,18). The normalized spacial score (nSPS) is 12.2. The van der Waals surface area contributed by atoms with Crippen molar-refractivity contribution in [3.8, 4) is 17.4 Å². The third-order valence-electron chi connectivity index (χ3n) is 2.98. The van der Waals surface area contributed by atoms with Crippen molar-refractivity contribution >= 4 is 17.2 Å². The van der Waals surface area contributed by atoms with Gasteiger partial charge in [0.15, 0.2) is 11.5 Å². The Labute approximate surface area is 122 Å². The first-order chi connectivity index (χ1) is 10.3. The molecule has 0 saturated carbocycles. The molecule has 0 fully saturated rings. The molecule has 2 heterocycles. The molecule has 3 N–H and O–H groups in total. The quantitative estimate of drug-likeness (QED) is 0.880. The van der Waals surface area contributed by atoms with E-state index >= 15 is 0 Å². The molecule has 0 saturated heterocycles. The fourth-order valence-electron chi connectivity index (χ4n) is 1.96. The van der Waals surface area contributed by atoms with Gasteiger partial charge in [-0.2, -0.15) is 4.98 Å². The molecular formula is C15H17N3O3. The molecule has 1 aromatic carbocycles. The van der Waals surface area contributed by atoms with E-state index in [1.807, 2.05) is 25.1 Å². The zero-order valence-electron chi connectivity index (χ0n) is 11.8. The Kier molecular flexibility index (Phi) is 3.68. The Morgan fingerprint density at radius 2 is 2.10 bits per heavy atom. The van der Waals surface area contributed by atoms with E-state index < -0.39 is 0 Å². The molecule has 6 nitrogen and oxygen atoms in total. The maximum Gasteiger partial charge on any atom is 0.239 e. The maximum absolute atomic E-state index is 5.85. The number of nitrogen functional groups attached to an aromatic ring is 1. The van der Waals surface area contributed by atoms with Crippen molar-refractivity contribution in [2.75, 3.05) is 24.5 Å². The van der Waals surface area contributed by atoms with Gasteiger partial charge in [-0.05, 0) is 30.7 Å². The number of nitrogens with zero attached hydrogens (tertiary/aromatic N) is 1. The molecule has 2 aromatic rings. The summed E-state index contributed by atoms with van der Waals surface area (Å²) in [6, 6.07) is 9.20. The van der Waals surface area contributed by atoms with Gasteiger partial charge in [0.1, 0.15) is 5.82 Å². The number of anilines is 3.